The fraction of sp³-hybridized carbons (Fsp3) is 0.364. The number of primary amides is 1. The Morgan fingerprint density at radius 1 is 1.44 bits per heavy atom. The zero-order valence-corrected chi connectivity index (χ0v) is 11.0. The number of hydrogen-bond donors (Lipinski definition) is 3. The van der Waals surface area contributed by atoms with E-state index in [1.54, 1.807) is 18.2 Å². The number of benzene rings is 1. The van der Waals surface area contributed by atoms with Crippen molar-refractivity contribution in [2.24, 2.45) is 5.73 Å². The van der Waals surface area contributed by atoms with Crippen LogP contribution in [0.15, 0.2) is 18.2 Å². The molecule has 0 saturated heterocycles. The molecule has 100 valence electrons. The number of aliphatic hydroxyl groups excluding tert-OH is 1. The maximum Gasteiger partial charge on any atom is 0.231 e. The average molecular weight is 293 g/mol. The fourth-order valence-corrected chi connectivity index (χ4v) is 1.47. The van der Waals surface area contributed by atoms with Crippen molar-refractivity contribution in [2.45, 2.75) is 6.10 Å². The van der Waals surface area contributed by atoms with Crippen LogP contribution in [0.2, 0.25) is 10.0 Å². The molecule has 1 atom stereocenters. The molecule has 0 aliphatic heterocycles. The van der Waals surface area contributed by atoms with Gasteiger partial charge in [-0.2, -0.15) is 0 Å². The lowest BCUT2D eigenvalue weighted by Crippen LogP contribution is -2.36. The first kappa shape index (κ1) is 15.0. The molecular weight excluding hydrogens is 279 g/mol. The van der Waals surface area contributed by atoms with Gasteiger partial charge in [0.15, 0.2) is 0 Å². The number of carbonyl (C=O) groups is 1. The minimum absolute atomic E-state index is 0.0177. The van der Waals surface area contributed by atoms with Crippen LogP contribution in [0.1, 0.15) is 0 Å². The first-order chi connectivity index (χ1) is 8.49. The van der Waals surface area contributed by atoms with Gasteiger partial charge in [0.1, 0.15) is 18.5 Å². The summed E-state index contributed by atoms with van der Waals surface area (Å²) in [5, 5.41) is 13.1. The van der Waals surface area contributed by atoms with Gasteiger partial charge in [0, 0.05) is 12.6 Å². The van der Waals surface area contributed by atoms with E-state index in [4.69, 9.17) is 33.7 Å². The molecule has 1 aromatic rings. The molecule has 0 heterocycles. The molecule has 1 rings (SSSR count). The van der Waals surface area contributed by atoms with E-state index < -0.39 is 12.0 Å². The Morgan fingerprint density at radius 3 is 2.78 bits per heavy atom. The van der Waals surface area contributed by atoms with E-state index in [1.165, 1.54) is 0 Å². The van der Waals surface area contributed by atoms with Gasteiger partial charge in [-0.05, 0) is 12.1 Å². The number of hydrogen-bond acceptors (Lipinski definition) is 4. The lowest BCUT2D eigenvalue weighted by molar-refractivity contribution is -0.117. The standard InChI is InChI=1S/C11H14Cl2N2O3/c12-9-2-1-8(3-10(9)13)18-6-7(16)4-15-5-11(14)17/h1-3,7,15-16H,4-6H2,(H2,14,17). The smallest absolute Gasteiger partial charge is 0.231 e. The third-order valence-corrected chi connectivity index (χ3v) is 2.75. The summed E-state index contributed by atoms with van der Waals surface area (Å²) in [7, 11) is 0. The van der Waals surface area contributed by atoms with Crippen LogP contribution in [-0.2, 0) is 4.79 Å². The normalized spacial score (nSPS) is 12.2. The van der Waals surface area contributed by atoms with Gasteiger partial charge in [0.2, 0.25) is 5.91 Å². The third kappa shape index (κ3) is 5.55. The lowest BCUT2D eigenvalue weighted by Gasteiger charge is -2.13. The van der Waals surface area contributed by atoms with E-state index in [1.807, 2.05) is 0 Å². The number of amides is 1. The molecule has 0 radical (unpaired) electrons. The van der Waals surface area contributed by atoms with E-state index in [-0.39, 0.29) is 19.7 Å². The van der Waals surface area contributed by atoms with Crippen molar-refractivity contribution >= 4 is 29.1 Å². The summed E-state index contributed by atoms with van der Waals surface area (Å²) in [4.78, 5) is 10.4. The molecule has 1 amide bonds. The predicted molar refractivity (Wildman–Crippen MR) is 70.0 cm³/mol. The molecule has 0 aliphatic rings. The van der Waals surface area contributed by atoms with Crippen LogP contribution in [0.3, 0.4) is 0 Å². The molecular formula is C11H14Cl2N2O3. The van der Waals surface area contributed by atoms with Crippen LogP contribution >= 0.6 is 23.2 Å². The lowest BCUT2D eigenvalue weighted by atomic mass is 10.3. The number of nitrogens with one attached hydrogen (secondary N) is 1. The Morgan fingerprint density at radius 2 is 2.17 bits per heavy atom. The Labute approximate surface area is 115 Å². The summed E-state index contributed by atoms with van der Waals surface area (Å²) in [6.45, 7) is 0.303. The second-order valence-electron chi connectivity index (χ2n) is 3.64. The molecule has 0 bridgehead atoms. The van der Waals surface area contributed by atoms with Crippen LogP contribution < -0.4 is 15.8 Å². The van der Waals surface area contributed by atoms with Crippen LogP contribution in [0.25, 0.3) is 0 Å². The van der Waals surface area contributed by atoms with Crippen LogP contribution in [0.5, 0.6) is 5.75 Å². The maximum atomic E-state index is 10.4. The zero-order valence-electron chi connectivity index (χ0n) is 9.53. The van der Waals surface area contributed by atoms with Crippen LogP contribution in [0, 0.1) is 0 Å². The number of carbonyl (C=O) groups excluding carboxylic acids is 1. The molecule has 0 spiro atoms. The summed E-state index contributed by atoms with van der Waals surface area (Å²) in [6.07, 6.45) is -0.751. The van der Waals surface area contributed by atoms with Crippen molar-refractivity contribution in [3.63, 3.8) is 0 Å². The molecule has 0 aromatic heterocycles. The molecule has 0 aliphatic carbocycles. The number of rotatable bonds is 7. The van der Waals surface area contributed by atoms with Crippen LogP contribution in [-0.4, -0.2) is 36.8 Å². The van der Waals surface area contributed by atoms with Crippen molar-refractivity contribution in [1.82, 2.24) is 5.32 Å². The minimum Gasteiger partial charge on any atom is -0.491 e. The summed E-state index contributed by atoms with van der Waals surface area (Å²) >= 11 is 11.6. The highest BCUT2D eigenvalue weighted by atomic mass is 35.5. The first-order valence-electron chi connectivity index (χ1n) is 5.24. The Kier molecular flexibility index (Phi) is 6.21. The molecule has 7 heteroatoms. The van der Waals surface area contributed by atoms with E-state index in [2.05, 4.69) is 5.32 Å². The average Bonchev–Trinajstić information content (AvgIpc) is 2.30. The summed E-state index contributed by atoms with van der Waals surface area (Å²) in [5.41, 5.74) is 4.93. The van der Waals surface area contributed by atoms with Crippen molar-refractivity contribution in [3.8, 4) is 5.75 Å². The van der Waals surface area contributed by atoms with Gasteiger partial charge >= 0.3 is 0 Å². The topological polar surface area (TPSA) is 84.6 Å². The van der Waals surface area contributed by atoms with Crippen molar-refractivity contribution in [3.05, 3.63) is 28.2 Å². The van der Waals surface area contributed by atoms with E-state index in [9.17, 15) is 9.90 Å². The minimum atomic E-state index is -0.751. The quantitative estimate of drug-likeness (QED) is 0.694. The molecule has 18 heavy (non-hydrogen) atoms. The van der Waals surface area contributed by atoms with Gasteiger partial charge in [-0.1, -0.05) is 23.2 Å². The highest BCUT2D eigenvalue weighted by Gasteiger charge is 2.06. The van der Waals surface area contributed by atoms with Gasteiger partial charge in [-0.15, -0.1) is 0 Å². The number of ether oxygens (including phenoxy) is 1. The first-order valence-corrected chi connectivity index (χ1v) is 5.99. The highest BCUT2D eigenvalue weighted by molar-refractivity contribution is 6.42. The van der Waals surface area contributed by atoms with E-state index in [0.717, 1.165) is 0 Å². The van der Waals surface area contributed by atoms with Gasteiger partial charge in [0.05, 0.1) is 16.6 Å². The SMILES string of the molecule is NC(=O)CNCC(O)COc1ccc(Cl)c(Cl)c1. The van der Waals surface area contributed by atoms with Gasteiger partial charge in [-0.25, -0.2) is 0 Å². The monoisotopic (exact) mass is 292 g/mol. The second-order valence-corrected chi connectivity index (χ2v) is 4.45. The van der Waals surface area contributed by atoms with Crippen molar-refractivity contribution in [1.29, 1.82) is 0 Å². The predicted octanol–water partition coefficient (Wildman–Crippen LogP) is 0.808. The van der Waals surface area contributed by atoms with E-state index in [0.29, 0.717) is 15.8 Å². The third-order valence-electron chi connectivity index (χ3n) is 2.01. The maximum absolute atomic E-state index is 10.4. The molecule has 0 saturated carbocycles. The fourth-order valence-electron chi connectivity index (χ4n) is 1.18. The Bertz CT molecular complexity index is 415. The van der Waals surface area contributed by atoms with E-state index >= 15 is 0 Å². The van der Waals surface area contributed by atoms with Gasteiger partial charge in [0.25, 0.3) is 0 Å². The Balaban J connectivity index is 2.31. The Hall–Kier alpha value is -1.01. The molecule has 0 fully saturated rings. The zero-order chi connectivity index (χ0) is 13.5. The number of nitrogens with two attached hydrogens (primary N) is 1. The number of halogens is 2. The summed E-state index contributed by atoms with van der Waals surface area (Å²) in [6, 6.07) is 4.82. The second kappa shape index (κ2) is 7.43. The summed E-state index contributed by atoms with van der Waals surface area (Å²) in [5.74, 6) is 0.0333. The van der Waals surface area contributed by atoms with Gasteiger partial charge < -0.3 is 20.9 Å². The molecule has 4 N–H and O–H groups in total. The molecule has 5 nitrogen and oxygen atoms in total. The molecule has 1 unspecified atom stereocenters. The summed E-state index contributed by atoms with van der Waals surface area (Å²) < 4.78 is 5.31. The highest BCUT2D eigenvalue weighted by Crippen LogP contribution is 2.26. The van der Waals surface area contributed by atoms with Crippen molar-refractivity contribution in [2.75, 3.05) is 19.7 Å². The van der Waals surface area contributed by atoms with Crippen LogP contribution in [0.4, 0.5) is 0 Å². The molecule has 1 aromatic carbocycles. The largest absolute Gasteiger partial charge is 0.491 e. The van der Waals surface area contributed by atoms with Crippen molar-refractivity contribution < 1.29 is 14.6 Å². The van der Waals surface area contributed by atoms with Gasteiger partial charge in [-0.3, -0.25) is 4.79 Å². The number of aliphatic hydroxyl groups is 1.